The molecule has 0 bridgehead atoms. The van der Waals surface area contributed by atoms with Gasteiger partial charge in [0.2, 0.25) is 0 Å². The van der Waals surface area contributed by atoms with Crippen LogP contribution in [0.3, 0.4) is 0 Å². The Morgan fingerprint density at radius 1 is 0.262 bits per heavy atom. The van der Waals surface area contributed by atoms with E-state index in [9.17, 15) is 43.2 Å². The fourth-order valence-corrected chi connectivity index (χ4v) is 14.9. The Morgan fingerprint density at radius 3 is 0.682 bits per heavy atom. The zero-order chi connectivity index (χ0) is 78.1. The molecule has 0 aromatic carbocycles. The van der Waals surface area contributed by atoms with Crippen LogP contribution >= 0.6 is 15.6 Å². The summed E-state index contributed by atoms with van der Waals surface area (Å²) in [5.74, 6) is -2.13. The Labute approximate surface area is 656 Å². The fourth-order valence-electron chi connectivity index (χ4n) is 13.3. The third kappa shape index (κ3) is 81.4. The SMILES string of the molecule is CCCCCC/C=C\C=C/CCCCCCCC(=O)O[C@H](COC(=O)CCCCCCCCCCCC)COP(=O)(O)OC[C@H](O)COP(=O)(O)OC[C@@H](COC(=O)CCCCCCCCCCCCCCCCCCCCCC)OC(=O)CCCCCCCCCCCCCCCCCCCCCCCC. The number of aliphatic hydroxyl groups is 1. The molecule has 19 heteroatoms. The number of ether oxygens (including phenoxy) is 4. The van der Waals surface area contributed by atoms with Gasteiger partial charge in [-0.05, 0) is 51.4 Å². The zero-order valence-corrected chi connectivity index (χ0v) is 71.4. The number of rotatable bonds is 87. The minimum Gasteiger partial charge on any atom is -0.462 e. The van der Waals surface area contributed by atoms with E-state index in [0.29, 0.717) is 25.7 Å². The van der Waals surface area contributed by atoms with Crippen molar-refractivity contribution in [2.24, 2.45) is 0 Å². The highest BCUT2D eigenvalue weighted by atomic mass is 31.2. The summed E-state index contributed by atoms with van der Waals surface area (Å²) >= 11 is 0. The molecule has 0 saturated heterocycles. The summed E-state index contributed by atoms with van der Waals surface area (Å²) in [4.78, 5) is 73.2. The maximum absolute atomic E-state index is 13.2. The summed E-state index contributed by atoms with van der Waals surface area (Å²) in [5.41, 5.74) is 0. The van der Waals surface area contributed by atoms with Gasteiger partial charge in [-0.2, -0.15) is 0 Å². The summed E-state index contributed by atoms with van der Waals surface area (Å²) in [5, 5.41) is 10.7. The lowest BCUT2D eigenvalue weighted by atomic mass is 10.0. The molecule has 17 nitrogen and oxygen atoms in total. The van der Waals surface area contributed by atoms with Crippen LogP contribution in [-0.2, 0) is 65.4 Å². The van der Waals surface area contributed by atoms with Crippen LogP contribution in [-0.4, -0.2) is 96.7 Å². The summed E-state index contributed by atoms with van der Waals surface area (Å²) in [6.45, 7) is 4.98. The smallest absolute Gasteiger partial charge is 0.462 e. The van der Waals surface area contributed by atoms with E-state index in [1.54, 1.807) is 0 Å². The Bertz CT molecular complexity index is 2110. The second-order valence-corrected chi connectivity index (χ2v) is 33.9. The Hall–Kier alpha value is -2.46. The molecule has 0 amide bonds. The number of aliphatic hydroxyl groups excluding tert-OH is 1. The first kappa shape index (κ1) is 105. The van der Waals surface area contributed by atoms with Crippen LogP contribution in [0.2, 0.25) is 0 Å². The van der Waals surface area contributed by atoms with Gasteiger partial charge in [0.05, 0.1) is 26.4 Å². The molecule has 0 rings (SSSR count). The van der Waals surface area contributed by atoms with Crippen molar-refractivity contribution < 1.29 is 80.2 Å². The molecule has 632 valence electrons. The lowest BCUT2D eigenvalue weighted by molar-refractivity contribution is -0.161. The number of hydrogen-bond donors (Lipinski definition) is 3. The molecule has 107 heavy (non-hydrogen) atoms. The number of hydrogen-bond acceptors (Lipinski definition) is 15. The number of phosphoric ester groups is 2. The van der Waals surface area contributed by atoms with E-state index in [1.807, 2.05) is 0 Å². The fraction of sp³-hybridized carbons (Fsp3) is 0.909. The van der Waals surface area contributed by atoms with Gasteiger partial charge in [0.1, 0.15) is 19.3 Å². The van der Waals surface area contributed by atoms with Gasteiger partial charge >= 0.3 is 39.5 Å². The number of unbranched alkanes of at least 4 members (excludes halogenated alkanes) is 58. The molecule has 0 aliphatic rings. The number of esters is 4. The topological polar surface area (TPSA) is 237 Å². The highest BCUT2D eigenvalue weighted by Crippen LogP contribution is 2.45. The summed E-state index contributed by atoms with van der Waals surface area (Å²) in [6.07, 6.45) is 80.1. The van der Waals surface area contributed by atoms with Crippen molar-refractivity contribution in [3.8, 4) is 0 Å². The second-order valence-electron chi connectivity index (χ2n) is 30.9. The average Bonchev–Trinajstić information content (AvgIpc) is 0.901. The van der Waals surface area contributed by atoms with Crippen molar-refractivity contribution in [3.63, 3.8) is 0 Å². The van der Waals surface area contributed by atoms with Crippen molar-refractivity contribution in [1.29, 1.82) is 0 Å². The van der Waals surface area contributed by atoms with E-state index in [1.165, 1.54) is 276 Å². The quantitative estimate of drug-likeness (QED) is 0.0169. The standard InChI is InChI=1S/C88H168O17P2/c1-5-9-13-17-21-25-29-32-35-37-39-41-42-44-46-49-52-55-59-63-67-71-75-88(93)105-84(79-99-86(91)73-69-65-61-57-53-50-48-45-43-40-38-36-33-30-26-22-18-14-10-6-2)81-103-107(96,97)101-77-82(89)76-100-106(94,95)102-80-83(78-98-85(90)72-68-64-60-56-28-24-20-16-12-8-4)104-87(92)74-70-66-62-58-54-51-47-34-31-27-23-19-15-11-7-3/h27,31,34,47,82-84,89H,5-26,28-30,32-33,35-46,48-81H2,1-4H3,(H,94,95)(H,96,97)/b31-27-,47-34-/t82-,83+,84+/m0/s1. The molecule has 0 spiro atoms. The molecular formula is C88H168O17P2. The van der Waals surface area contributed by atoms with Gasteiger partial charge < -0.3 is 33.8 Å². The second kappa shape index (κ2) is 81.6. The van der Waals surface area contributed by atoms with E-state index in [2.05, 4.69) is 52.0 Å². The van der Waals surface area contributed by atoms with Crippen LogP contribution in [0, 0.1) is 0 Å². The lowest BCUT2D eigenvalue weighted by Gasteiger charge is -2.21. The van der Waals surface area contributed by atoms with Gasteiger partial charge in [-0.15, -0.1) is 0 Å². The first-order chi connectivity index (χ1) is 52.2. The number of allylic oxidation sites excluding steroid dienone is 4. The predicted molar refractivity (Wildman–Crippen MR) is 441 cm³/mol. The molecule has 0 aliphatic carbocycles. The van der Waals surface area contributed by atoms with Crippen molar-refractivity contribution in [3.05, 3.63) is 24.3 Å². The molecule has 0 saturated carbocycles. The molecular weight excluding hydrogens is 1390 g/mol. The van der Waals surface area contributed by atoms with Crippen LogP contribution in [0.1, 0.15) is 458 Å². The highest BCUT2D eigenvalue weighted by molar-refractivity contribution is 7.47. The van der Waals surface area contributed by atoms with Crippen LogP contribution in [0.15, 0.2) is 24.3 Å². The molecule has 2 unspecified atom stereocenters. The lowest BCUT2D eigenvalue weighted by Crippen LogP contribution is -2.30. The predicted octanol–water partition coefficient (Wildman–Crippen LogP) is 26.9. The van der Waals surface area contributed by atoms with Crippen LogP contribution in [0.4, 0.5) is 0 Å². The third-order valence-electron chi connectivity index (χ3n) is 20.2. The minimum absolute atomic E-state index is 0.0859. The average molecular weight is 1560 g/mol. The van der Waals surface area contributed by atoms with E-state index in [0.717, 1.165) is 103 Å². The molecule has 0 radical (unpaired) electrons. The van der Waals surface area contributed by atoms with Crippen LogP contribution < -0.4 is 0 Å². The van der Waals surface area contributed by atoms with Gasteiger partial charge in [0, 0.05) is 25.7 Å². The van der Waals surface area contributed by atoms with Gasteiger partial charge in [-0.25, -0.2) is 9.13 Å². The van der Waals surface area contributed by atoms with Gasteiger partial charge in [-0.3, -0.25) is 37.3 Å². The molecule has 0 aromatic rings. The van der Waals surface area contributed by atoms with Crippen molar-refractivity contribution in [1.82, 2.24) is 0 Å². The molecule has 0 heterocycles. The van der Waals surface area contributed by atoms with Gasteiger partial charge in [0.15, 0.2) is 12.2 Å². The monoisotopic (exact) mass is 1560 g/mol. The van der Waals surface area contributed by atoms with Crippen molar-refractivity contribution in [2.45, 2.75) is 476 Å². The van der Waals surface area contributed by atoms with E-state index in [4.69, 9.17) is 37.0 Å². The molecule has 5 atom stereocenters. The minimum atomic E-state index is -4.97. The molecule has 0 fully saturated rings. The number of phosphoric acid groups is 2. The molecule has 0 aromatic heterocycles. The summed E-state index contributed by atoms with van der Waals surface area (Å²) in [6, 6.07) is 0. The van der Waals surface area contributed by atoms with Gasteiger partial charge in [-0.1, -0.05) is 405 Å². The first-order valence-electron chi connectivity index (χ1n) is 45.1. The summed E-state index contributed by atoms with van der Waals surface area (Å²) < 4.78 is 68.9. The largest absolute Gasteiger partial charge is 0.472 e. The van der Waals surface area contributed by atoms with Crippen LogP contribution in [0.5, 0.6) is 0 Å². The maximum Gasteiger partial charge on any atom is 0.472 e. The summed E-state index contributed by atoms with van der Waals surface area (Å²) in [7, 11) is -9.94. The Morgan fingerprint density at radius 2 is 0.449 bits per heavy atom. The number of carbonyl (C=O) groups excluding carboxylic acids is 4. The van der Waals surface area contributed by atoms with E-state index in [-0.39, 0.29) is 25.7 Å². The zero-order valence-electron chi connectivity index (χ0n) is 69.6. The maximum atomic E-state index is 13.2. The third-order valence-corrected chi connectivity index (χ3v) is 22.1. The van der Waals surface area contributed by atoms with E-state index < -0.39 is 97.5 Å². The molecule has 0 aliphatic heterocycles. The normalized spacial score (nSPS) is 13.8. The number of carbonyl (C=O) groups is 4. The Kier molecular flexibility index (Phi) is 79.7. The Balaban J connectivity index is 5.23. The highest BCUT2D eigenvalue weighted by Gasteiger charge is 2.30. The van der Waals surface area contributed by atoms with Gasteiger partial charge in [0.25, 0.3) is 0 Å². The first-order valence-corrected chi connectivity index (χ1v) is 48.1. The van der Waals surface area contributed by atoms with E-state index >= 15 is 0 Å². The van der Waals surface area contributed by atoms with Crippen molar-refractivity contribution in [2.75, 3.05) is 39.6 Å². The molecule has 3 N–H and O–H groups in total. The van der Waals surface area contributed by atoms with Crippen LogP contribution in [0.25, 0.3) is 0 Å². The van der Waals surface area contributed by atoms with Crippen molar-refractivity contribution >= 4 is 39.5 Å².